The number of hydrazone groups is 1. The summed E-state index contributed by atoms with van der Waals surface area (Å²) in [6, 6.07) is 15.3. The molecule has 134 valence electrons. The van der Waals surface area contributed by atoms with Crippen LogP contribution in [0.3, 0.4) is 0 Å². The Morgan fingerprint density at radius 1 is 1.19 bits per heavy atom. The summed E-state index contributed by atoms with van der Waals surface area (Å²) in [6.07, 6.45) is 3.65. The molecule has 1 aliphatic carbocycles. The van der Waals surface area contributed by atoms with Crippen molar-refractivity contribution in [3.8, 4) is 0 Å². The number of nitrogens with one attached hydrogen (secondary N) is 1. The lowest BCUT2D eigenvalue weighted by molar-refractivity contribution is -0.384. The minimum absolute atomic E-state index is 0.00652. The second-order valence-corrected chi connectivity index (χ2v) is 6.43. The van der Waals surface area contributed by atoms with Crippen LogP contribution in [0.1, 0.15) is 40.4 Å². The van der Waals surface area contributed by atoms with Gasteiger partial charge in [0.05, 0.1) is 22.2 Å². The highest BCUT2D eigenvalue weighted by Crippen LogP contribution is 2.40. The van der Waals surface area contributed by atoms with Crippen molar-refractivity contribution in [2.24, 2.45) is 5.10 Å². The molecule has 0 saturated heterocycles. The van der Waals surface area contributed by atoms with Crippen LogP contribution >= 0.6 is 0 Å². The standard InChI is InChI=1S/C20H16N4O3/c25-20(23-21-12-13-5-9-15(10-6-13)24(26)27)17-11-19(14-7-8-14)22-18-4-2-1-3-16(17)18/h1-6,9-12,14H,7-8H2,(H,23,25)/b21-12-. The number of carbonyl (C=O) groups excluding carboxylic acids is 1. The number of aromatic nitrogens is 1. The molecule has 2 aromatic carbocycles. The molecule has 1 aromatic heterocycles. The van der Waals surface area contributed by atoms with E-state index in [4.69, 9.17) is 0 Å². The molecule has 4 rings (SSSR count). The van der Waals surface area contributed by atoms with Crippen LogP contribution < -0.4 is 5.43 Å². The molecule has 1 saturated carbocycles. The van der Waals surface area contributed by atoms with Gasteiger partial charge in [-0.05, 0) is 42.7 Å². The number of carbonyl (C=O) groups is 1. The van der Waals surface area contributed by atoms with E-state index in [1.54, 1.807) is 12.1 Å². The minimum atomic E-state index is -0.464. The molecule has 1 fully saturated rings. The first kappa shape index (κ1) is 16.8. The Kier molecular flexibility index (Phi) is 4.33. The molecule has 0 aliphatic heterocycles. The summed E-state index contributed by atoms with van der Waals surface area (Å²) in [6.45, 7) is 0. The summed E-state index contributed by atoms with van der Waals surface area (Å²) in [5.41, 5.74) is 5.48. The molecule has 7 nitrogen and oxygen atoms in total. The molecule has 0 spiro atoms. The van der Waals surface area contributed by atoms with Gasteiger partial charge in [-0.3, -0.25) is 19.9 Å². The Bertz CT molecular complexity index is 1060. The fourth-order valence-corrected chi connectivity index (χ4v) is 2.88. The highest BCUT2D eigenvalue weighted by Gasteiger charge is 2.26. The number of hydrogen-bond donors (Lipinski definition) is 1. The summed E-state index contributed by atoms with van der Waals surface area (Å²) in [5, 5.41) is 15.4. The van der Waals surface area contributed by atoms with Gasteiger partial charge in [0.2, 0.25) is 0 Å². The van der Waals surface area contributed by atoms with E-state index in [-0.39, 0.29) is 11.6 Å². The topological polar surface area (TPSA) is 97.5 Å². The minimum Gasteiger partial charge on any atom is -0.267 e. The molecule has 0 bridgehead atoms. The monoisotopic (exact) mass is 360 g/mol. The van der Waals surface area contributed by atoms with Gasteiger partial charge in [0.25, 0.3) is 11.6 Å². The van der Waals surface area contributed by atoms with Gasteiger partial charge in [-0.25, -0.2) is 5.43 Å². The summed E-state index contributed by atoms with van der Waals surface area (Å²) in [5.74, 6) is 0.124. The van der Waals surface area contributed by atoms with Crippen LogP contribution in [0.4, 0.5) is 5.69 Å². The Morgan fingerprint density at radius 3 is 2.63 bits per heavy atom. The number of non-ortho nitro benzene ring substituents is 1. The molecule has 0 atom stereocenters. The smallest absolute Gasteiger partial charge is 0.267 e. The van der Waals surface area contributed by atoms with Gasteiger partial charge < -0.3 is 0 Å². The summed E-state index contributed by atoms with van der Waals surface area (Å²) < 4.78 is 0. The largest absolute Gasteiger partial charge is 0.272 e. The molecular weight excluding hydrogens is 344 g/mol. The average molecular weight is 360 g/mol. The van der Waals surface area contributed by atoms with Crippen molar-refractivity contribution in [2.75, 3.05) is 0 Å². The third-order valence-corrected chi connectivity index (χ3v) is 4.46. The fourth-order valence-electron chi connectivity index (χ4n) is 2.88. The molecule has 27 heavy (non-hydrogen) atoms. The van der Waals surface area contributed by atoms with Crippen molar-refractivity contribution in [2.45, 2.75) is 18.8 Å². The summed E-state index contributed by atoms with van der Waals surface area (Å²) >= 11 is 0. The van der Waals surface area contributed by atoms with Gasteiger partial charge in [0, 0.05) is 29.1 Å². The van der Waals surface area contributed by atoms with E-state index in [0.29, 0.717) is 17.0 Å². The zero-order valence-corrected chi connectivity index (χ0v) is 14.3. The molecule has 1 N–H and O–H groups in total. The third kappa shape index (κ3) is 3.67. The van der Waals surface area contributed by atoms with Gasteiger partial charge in [-0.1, -0.05) is 18.2 Å². The molecule has 1 heterocycles. The van der Waals surface area contributed by atoms with Gasteiger partial charge in [-0.15, -0.1) is 0 Å². The second kappa shape index (κ2) is 6.95. The number of nitro groups is 1. The van der Waals surface area contributed by atoms with Crippen LogP contribution in [0.5, 0.6) is 0 Å². The van der Waals surface area contributed by atoms with Gasteiger partial charge >= 0.3 is 0 Å². The maximum atomic E-state index is 12.6. The van der Waals surface area contributed by atoms with Crippen LogP contribution in [0.25, 0.3) is 10.9 Å². The van der Waals surface area contributed by atoms with Gasteiger partial charge in [-0.2, -0.15) is 5.10 Å². The molecule has 1 aliphatic rings. The maximum Gasteiger partial charge on any atom is 0.272 e. The van der Waals surface area contributed by atoms with E-state index in [2.05, 4.69) is 15.5 Å². The molecular formula is C20H16N4O3. The average Bonchev–Trinajstić information content (AvgIpc) is 3.52. The van der Waals surface area contributed by atoms with Crippen molar-refractivity contribution < 1.29 is 9.72 Å². The zero-order valence-electron chi connectivity index (χ0n) is 14.3. The van der Waals surface area contributed by atoms with Crippen molar-refractivity contribution in [3.63, 3.8) is 0 Å². The maximum absolute atomic E-state index is 12.6. The number of pyridine rings is 1. The number of rotatable bonds is 5. The van der Waals surface area contributed by atoms with E-state index in [0.717, 1.165) is 29.4 Å². The number of nitrogens with zero attached hydrogens (tertiary/aromatic N) is 3. The SMILES string of the molecule is O=C(N/N=C\c1ccc([N+](=O)[O-])cc1)c1cc(C2CC2)nc2ccccc12. The highest BCUT2D eigenvalue weighted by atomic mass is 16.6. The normalized spacial score (nSPS) is 13.8. The van der Waals surface area contributed by atoms with Crippen LogP contribution in [0.15, 0.2) is 59.7 Å². The van der Waals surface area contributed by atoms with Crippen molar-refractivity contribution in [1.29, 1.82) is 0 Å². The quantitative estimate of drug-likeness (QED) is 0.425. The predicted molar refractivity (Wildman–Crippen MR) is 102 cm³/mol. The summed E-state index contributed by atoms with van der Waals surface area (Å²) in [4.78, 5) is 27.5. The number of para-hydroxylation sites is 1. The Morgan fingerprint density at radius 2 is 1.93 bits per heavy atom. The highest BCUT2D eigenvalue weighted by molar-refractivity contribution is 6.06. The van der Waals surface area contributed by atoms with Crippen molar-refractivity contribution >= 4 is 28.7 Å². The van der Waals surface area contributed by atoms with Crippen LogP contribution in [0.2, 0.25) is 0 Å². The Balaban J connectivity index is 1.55. The van der Waals surface area contributed by atoms with Crippen LogP contribution in [-0.2, 0) is 0 Å². The fraction of sp³-hybridized carbons (Fsp3) is 0.150. The zero-order chi connectivity index (χ0) is 18.8. The van der Waals surface area contributed by atoms with Crippen LogP contribution in [-0.4, -0.2) is 22.0 Å². The van der Waals surface area contributed by atoms with Crippen molar-refractivity contribution in [3.05, 3.63) is 81.5 Å². The number of benzene rings is 2. The predicted octanol–water partition coefficient (Wildman–Crippen LogP) is 3.78. The van der Waals surface area contributed by atoms with E-state index in [9.17, 15) is 14.9 Å². The van der Waals surface area contributed by atoms with Crippen molar-refractivity contribution in [1.82, 2.24) is 10.4 Å². The molecule has 0 radical (unpaired) electrons. The molecule has 1 amide bonds. The lowest BCUT2D eigenvalue weighted by Gasteiger charge is -2.08. The first-order valence-corrected chi connectivity index (χ1v) is 8.59. The van der Waals surface area contributed by atoms with E-state index in [1.807, 2.05) is 30.3 Å². The number of hydrogen-bond acceptors (Lipinski definition) is 5. The van der Waals surface area contributed by atoms with E-state index >= 15 is 0 Å². The first-order chi connectivity index (χ1) is 13.1. The Hall–Kier alpha value is -3.61. The molecule has 3 aromatic rings. The second-order valence-electron chi connectivity index (χ2n) is 6.43. The van der Waals surface area contributed by atoms with E-state index in [1.165, 1.54) is 18.3 Å². The Labute approximate surface area is 154 Å². The third-order valence-electron chi connectivity index (χ3n) is 4.46. The summed E-state index contributed by atoms with van der Waals surface area (Å²) in [7, 11) is 0. The molecule has 7 heteroatoms. The number of fused-ring (bicyclic) bond motifs is 1. The first-order valence-electron chi connectivity index (χ1n) is 8.59. The van der Waals surface area contributed by atoms with E-state index < -0.39 is 4.92 Å². The molecule has 0 unspecified atom stereocenters. The lowest BCUT2D eigenvalue weighted by atomic mass is 10.1. The number of amides is 1. The van der Waals surface area contributed by atoms with Gasteiger partial charge in [0.15, 0.2) is 0 Å². The number of nitro benzene ring substituents is 1. The van der Waals surface area contributed by atoms with Crippen LogP contribution in [0, 0.1) is 10.1 Å². The van der Waals surface area contributed by atoms with Gasteiger partial charge in [0.1, 0.15) is 0 Å². The lowest BCUT2D eigenvalue weighted by Crippen LogP contribution is -2.18.